The van der Waals surface area contributed by atoms with Gasteiger partial charge in [-0.2, -0.15) is 0 Å². The van der Waals surface area contributed by atoms with Crippen molar-refractivity contribution < 1.29 is 27.8 Å². The molecule has 1 aromatic carbocycles. The molecule has 11 heteroatoms. The van der Waals surface area contributed by atoms with Crippen molar-refractivity contribution in [2.75, 3.05) is 20.3 Å². The number of halogens is 2. The van der Waals surface area contributed by atoms with Crippen molar-refractivity contribution in [2.45, 2.75) is 64.5 Å². The van der Waals surface area contributed by atoms with Gasteiger partial charge in [0.2, 0.25) is 5.91 Å². The number of rotatable bonds is 10. The number of benzene rings is 1. The largest absolute Gasteiger partial charge is 0.493 e. The van der Waals surface area contributed by atoms with Gasteiger partial charge in [0, 0.05) is 36.0 Å². The van der Waals surface area contributed by atoms with Gasteiger partial charge in [-0.05, 0) is 69.1 Å². The molecule has 9 nitrogen and oxygen atoms in total. The fourth-order valence-corrected chi connectivity index (χ4v) is 5.47. The summed E-state index contributed by atoms with van der Waals surface area (Å²) in [6.45, 7) is 4.38. The third-order valence-corrected chi connectivity index (χ3v) is 7.81. The van der Waals surface area contributed by atoms with Crippen LogP contribution in [0.5, 0.6) is 5.75 Å². The van der Waals surface area contributed by atoms with Crippen molar-refractivity contribution in [3.05, 3.63) is 41.3 Å². The highest BCUT2D eigenvalue weighted by atomic mass is 19.3. The molecule has 2 heterocycles. The topological polar surface area (TPSA) is 118 Å². The summed E-state index contributed by atoms with van der Waals surface area (Å²) in [5, 5.41) is 6.14. The Morgan fingerprint density at radius 3 is 2.65 bits per heavy atom. The molecule has 2 fully saturated rings. The van der Waals surface area contributed by atoms with Gasteiger partial charge < -0.3 is 25.1 Å². The first-order valence-electron chi connectivity index (χ1n) is 13.7. The monoisotopic (exact) mass is 555 g/mol. The molecule has 40 heavy (non-hydrogen) atoms. The van der Waals surface area contributed by atoms with Gasteiger partial charge in [0.15, 0.2) is 0 Å². The third-order valence-electron chi connectivity index (χ3n) is 7.81. The molecule has 2 aliphatic rings. The van der Waals surface area contributed by atoms with E-state index in [1.54, 1.807) is 13.0 Å². The lowest BCUT2D eigenvalue weighted by molar-refractivity contribution is -0.125. The summed E-state index contributed by atoms with van der Waals surface area (Å²) in [6, 6.07) is 4.30. The average Bonchev–Trinajstić information content (AvgIpc) is 3.68. The molecule has 2 aliphatic carbocycles. The van der Waals surface area contributed by atoms with Crippen molar-refractivity contribution in [3.8, 4) is 17.0 Å². The zero-order valence-corrected chi connectivity index (χ0v) is 22.9. The first-order valence-corrected chi connectivity index (χ1v) is 13.7. The molecule has 2 amide bonds. The minimum Gasteiger partial charge on any atom is -0.493 e. The van der Waals surface area contributed by atoms with Crippen LogP contribution < -0.4 is 15.4 Å². The Morgan fingerprint density at radius 2 is 1.95 bits per heavy atom. The minimum atomic E-state index is -2.65. The number of aryl methyl sites for hydroxylation is 1. The van der Waals surface area contributed by atoms with E-state index in [1.165, 1.54) is 25.6 Å². The molecule has 0 unspecified atom stereocenters. The predicted octanol–water partition coefficient (Wildman–Crippen LogP) is 4.71. The van der Waals surface area contributed by atoms with Gasteiger partial charge in [0.05, 0.1) is 17.7 Å². The SMILES string of the molecule is COCC(=O)N[C@H]1CC[C@H](NC(=O)c2c(C)[nH]c3c(-c4cc(C(F)F)ccc4OCC4CC4)ncnc23)[C@@H](C)C1. The Morgan fingerprint density at radius 1 is 1.15 bits per heavy atom. The van der Waals surface area contributed by atoms with Crippen LogP contribution in [0.25, 0.3) is 22.3 Å². The summed E-state index contributed by atoms with van der Waals surface area (Å²) in [4.78, 5) is 37.5. The van der Waals surface area contributed by atoms with Crippen LogP contribution in [-0.2, 0) is 9.53 Å². The van der Waals surface area contributed by atoms with Crippen LogP contribution in [-0.4, -0.2) is 59.2 Å². The molecule has 2 aromatic heterocycles. The normalized spacial score (nSPS) is 21.0. The van der Waals surface area contributed by atoms with E-state index in [0.29, 0.717) is 58.2 Å². The number of H-pyrrole nitrogens is 1. The quantitative estimate of drug-likeness (QED) is 0.334. The van der Waals surface area contributed by atoms with Crippen LogP contribution in [0.4, 0.5) is 8.78 Å². The third kappa shape index (κ3) is 6.09. The number of nitrogens with zero attached hydrogens (tertiary/aromatic N) is 2. The van der Waals surface area contributed by atoms with E-state index in [0.717, 1.165) is 25.7 Å². The molecular formula is C29H35F2N5O4. The Bertz CT molecular complexity index is 1390. The number of ether oxygens (including phenoxy) is 2. The van der Waals surface area contributed by atoms with Crippen molar-refractivity contribution >= 4 is 22.8 Å². The lowest BCUT2D eigenvalue weighted by Gasteiger charge is -2.35. The van der Waals surface area contributed by atoms with Gasteiger partial charge in [-0.3, -0.25) is 9.59 Å². The van der Waals surface area contributed by atoms with Crippen LogP contribution in [0, 0.1) is 18.8 Å². The van der Waals surface area contributed by atoms with Gasteiger partial charge in [0.25, 0.3) is 12.3 Å². The lowest BCUT2D eigenvalue weighted by atomic mass is 9.82. The maximum Gasteiger partial charge on any atom is 0.263 e. The maximum atomic E-state index is 13.6. The van der Waals surface area contributed by atoms with Crippen LogP contribution in [0.1, 0.15) is 67.1 Å². The highest BCUT2D eigenvalue weighted by molar-refractivity contribution is 6.09. The standard InChI is InChI=1S/C29H35F2N5O4/c1-15-10-19(35-23(37)13-39-3)7-8-21(15)36-29(38)24-16(2)34-27-25(32-14-33-26(24)27)20-11-18(28(30)31)6-9-22(20)40-12-17-4-5-17/h6,9,11,14-15,17,19,21,28,34H,4-5,7-8,10,12-13H2,1-3H3,(H,35,37)(H,36,38)/t15-,19-,21-/m0/s1. The fraction of sp³-hybridized carbons (Fsp3) is 0.517. The van der Waals surface area contributed by atoms with E-state index < -0.39 is 6.43 Å². The molecule has 5 rings (SSSR count). The molecule has 3 aromatic rings. The Balaban J connectivity index is 1.39. The van der Waals surface area contributed by atoms with Crippen molar-refractivity contribution in [2.24, 2.45) is 11.8 Å². The van der Waals surface area contributed by atoms with E-state index in [-0.39, 0.29) is 42.0 Å². The second-order valence-corrected chi connectivity index (χ2v) is 10.9. The number of hydrogen-bond acceptors (Lipinski definition) is 6. The molecule has 214 valence electrons. The van der Waals surface area contributed by atoms with Gasteiger partial charge in [0.1, 0.15) is 29.9 Å². The Hall–Kier alpha value is -3.60. The number of amides is 2. The minimum absolute atomic E-state index is 0.0231. The van der Waals surface area contributed by atoms with E-state index in [4.69, 9.17) is 9.47 Å². The summed E-state index contributed by atoms with van der Waals surface area (Å²) in [7, 11) is 1.48. The molecule has 0 spiro atoms. The van der Waals surface area contributed by atoms with Gasteiger partial charge in [-0.1, -0.05) is 6.92 Å². The lowest BCUT2D eigenvalue weighted by Crippen LogP contribution is -2.48. The number of methoxy groups -OCH3 is 1. The van der Waals surface area contributed by atoms with Gasteiger partial charge in [-0.25, -0.2) is 18.7 Å². The van der Waals surface area contributed by atoms with Crippen molar-refractivity contribution in [1.82, 2.24) is 25.6 Å². The van der Waals surface area contributed by atoms with E-state index >= 15 is 0 Å². The van der Waals surface area contributed by atoms with Gasteiger partial charge >= 0.3 is 0 Å². The molecule has 3 N–H and O–H groups in total. The number of carbonyl (C=O) groups excluding carboxylic acids is 2. The highest BCUT2D eigenvalue weighted by Crippen LogP contribution is 2.38. The first-order chi connectivity index (χ1) is 19.2. The smallest absolute Gasteiger partial charge is 0.263 e. The summed E-state index contributed by atoms with van der Waals surface area (Å²) in [6.07, 6.45) is 3.09. The number of aromatic nitrogens is 3. The number of carbonyl (C=O) groups is 2. The Labute approximate surface area is 231 Å². The molecule has 0 bridgehead atoms. The zero-order chi connectivity index (χ0) is 28.4. The summed E-state index contributed by atoms with van der Waals surface area (Å²) >= 11 is 0. The molecule has 0 aliphatic heterocycles. The number of hydrogen-bond donors (Lipinski definition) is 3. The second kappa shape index (κ2) is 11.9. The fourth-order valence-electron chi connectivity index (χ4n) is 5.47. The first kappa shape index (κ1) is 27.9. The molecule has 3 atom stereocenters. The molecule has 0 saturated heterocycles. The predicted molar refractivity (Wildman–Crippen MR) is 145 cm³/mol. The van der Waals surface area contributed by atoms with Gasteiger partial charge in [-0.15, -0.1) is 0 Å². The second-order valence-electron chi connectivity index (χ2n) is 10.9. The molecule has 2 saturated carbocycles. The summed E-state index contributed by atoms with van der Waals surface area (Å²) < 4.78 is 38.1. The van der Waals surface area contributed by atoms with E-state index in [2.05, 4.69) is 32.5 Å². The number of nitrogens with one attached hydrogen (secondary N) is 3. The average molecular weight is 556 g/mol. The molecule has 0 radical (unpaired) electrons. The zero-order valence-electron chi connectivity index (χ0n) is 22.9. The number of aromatic amines is 1. The number of alkyl halides is 2. The maximum absolute atomic E-state index is 13.6. The molecular weight excluding hydrogens is 520 g/mol. The van der Waals surface area contributed by atoms with E-state index in [9.17, 15) is 18.4 Å². The van der Waals surface area contributed by atoms with Crippen molar-refractivity contribution in [3.63, 3.8) is 0 Å². The number of fused-ring (bicyclic) bond motifs is 1. The summed E-state index contributed by atoms with van der Waals surface area (Å²) in [5.74, 6) is 0.684. The highest BCUT2D eigenvalue weighted by Gasteiger charge is 2.31. The van der Waals surface area contributed by atoms with Crippen LogP contribution >= 0.6 is 0 Å². The Kier molecular flexibility index (Phi) is 8.30. The van der Waals surface area contributed by atoms with Crippen LogP contribution in [0.2, 0.25) is 0 Å². The summed E-state index contributed by atoms with van der Waals surface area (Å²) in [5.41, 5.74) is 2.61. The van der Waals surface area contributed by atoms with Crippen LogP contribution in [0.15, 0.2) is 24.5 Å². The van der Waals surface area contributed by atoms with Crippen LogP contribution in [0.3, 0.4) is 0 Å². The van der Waals surface area contributed by atoms with E-state index in [1.807, 2.05) is 0 Å². The van der Waals surface area contributed by atoms with Crippen molar-refractivity contribution in [1.29, 1.82) is 0 Å².